The second-order valence-corrected chi connectivity index (χ2v) is 6.50. The van der Waals surface area contributed by atoms with E-state index in [0.29, 0.717) is 16.8 Å². The number of benzene rings is 2. The van der Waals surface area contributed by atoms with Crippen LogP contribution >= 0.6 is 0 Å². The van der Waals surface area contributed by atoms with Crippen LogP contribution in [0.2, 0.25) is 0 Å². The molecular weight excluding hydrogens is 293 g/mol. The summed E-state index contributed by atoms with van der Waals surface area (Å²) in [6, 6.07) is 9.88. The topological polar surface area (TPSA) is 66.4 Å². The fourth-order valence-corrected chi connectivity index (χ4v) is 3.07. The third kappa shape index (κ3) is 3.59. The van der Waals surface area contributed by atoms with Crippen LogP contribution in [-0.2, 0) is 10.0 Å². The predicted octanol–water partition coefficient (Wildman–Crippen LogP) is 2.99. The molecule has 0 radical (unpaired) electrons. The molecule has 6 heteroatoms. The first-order chi connectivity index (χ1) is 9.79. The maximum absolute atomic E-state index is 13.0. The van der Waals surface area contributed by atoms with Gasteiger partial charge < -0.3 is 5.11 Å². The number of sulfonamides is 1. The molecule has 0 heterocycles. The summed E-state index contributed by atoms with van der Waals surface area (Å²) in [5.74, 6) is -0.424. The summed E-state index contributed by atoms with van der Waals surface area (Å²) in [4.78, 5) is 0.0459. The van der Waals surface area contributed by atoms with E-state index in [0.717, 1.165) is 0 Å². The third-order valence-electron chi connectivity index (χ3n) is 3.08. The third-order valence-corrected chi connectivity index (χ3v) is 4.45. The lowest BCUT2D eigenvalue weighted by molar-refractivity contribution is 0.199. The van der Waals surface area contributed by atoms with Gasteiger partial charge in [0.05, 0.1) is 16.7 Å². The van der Waals surface area contributed by atoms with E-state index < -0.39 is 21.9 Å². The average molecular weight is 309 g/mol. The van der Waals surface area contributed by atoms with Gasteiger partial charge in [-0.15, -0.1) is 0 Å². The SMILES string of the molecule is Cc1cc(F)ccc1NS(=O)(=O)c1cccc(C(C)O)c1. The zero-order valence-electron chi connectivity index (χ0n) is 11.7. The molecule has 0 aromatic heterocycles. The van der Waals surface area contributed by atoms with E-state index in [2.05, 4.69) is 4.72 Å². The molecule has 2 aromatic carbocycles. The Bertz CT molecular complexity index is 757. The first-order valence-electron chi connectivity index (χ1n) is 6.36. The fraction of sp³-hybridized carbons (Fsp3) is 0.200. The summed E-state index contributed by atoms with van der Waals surface area (Å²) in [5.41, 5.74) is 1.32. The lowest BCUT2D eigenvalue weighted by Gasteiger charge is -2.12. The fourth-order valence-electron chi connectivity index (χ4n) is 1.89. The number of hydrogen-bond donors (Lipinski definition) is 2. The van der Waals surface area contributed by atoms with Crippen LogP contribution in [-0.4, -0.2) is 13.5 Å². The quantitative estimate of drug-likeness (QED) is 0.912. The molecule has 0 saturated carbocycles. The van der Waals surface area contributed by atoms with Crippen molar-refractivity contribution in [3.63, 3.8) is 0 Å². The molecule has 0 aliphatic rings. The minimum atomic E-state index is -3.79. The molecule has 0 fully saturated rings. The van der Waals surface area contributed by atoms with Crippen molar-refractivity contribution < 1.29 is 17.9 Å². The first kappa shape index (κ1) is 15.5. The Balaban J connectivity index is 2.36. The molecular formula is C15H16FNO3S. The summed E-state index contributed by atoms with van der Waals surface area (Å²) in [6.45, 7) is 3.18. The Morgan fingerprint density at radius 1 is 1.19 bits per heavy atom. The van der Waals surface area contributed by atoms with Crippen molar-refractivity contribution in [2.24, 2.45) is 0 Å². The highest BCUT2D eigenvalue weighted by Gasteiger charge is 2.16. The van der Waals surface area contributed by atoms with Gasteiger partial charge in [0.15, 0.2) is 0 Å². The van der Waals surface area contributed by atoms with Gasteiger partial charge in [0.2, 0.25) is 0 Å². The lowest BCUT2D eigenvalue weighted by Crippen LogP contribution is -2.14. The summed E-state index contributed by atoms with van der Waals surface area (Å²) in [5, 5.41) is 9.52. The number of rotatable bonds is 4. The Kier molecular flexibility index (Phi) is 4.29. The van der Waals surface area contributed by atoms with Gasteiger partial charge in [-0.25, -0.2) is 12.8 Å². The molecule has 2 N–H and O–H groups in total. The Labute approximate surface area is 123 Å². The monoisotopic (exact) mass is 309 g/mol. The van der Waals surface area contributed by atoms with Gasteiger partial charge in [-0.05, 0) is 55.3 Å². The minimum Gasteiger partial charge on any atom is -0.389 e. The van der Waals surface area contributed by atoms with Crippen LogP contribution in [0, 0.1) is 12.7 Å². The van der Waals surface area contributed by atoms with E-state index in [9.17, 15) is 17.9 Å². The molecule has 0 spiro atoms. The highest BCUT2D eigenvalue weighted by Crippen LogP contribution is 2.22. The van der Waals surface area contributed by atoms with Crippen LogP contribution in [0.1, 0.15) is 24.2 Å². The highest BCUT2D eigenvalue weighted by atomic mass is 32.2. The van der Waals surface area contributed by atoms with Gasteiger partial charge in [-0.1, -0.05) is 12.1 Å². The van der Waals surface area contributed by atoms with E-state index in [1.54, 1.807) is 26.0 Å². The van der Waals surface area contributed by atoms with Crippen LogP contribution in [0.25, 0.3) is 0 Å². The van der Waals surface area contributed by atoms with E-state index in [-0.39, 0.29) is 4.90 Å². The van der Waals surface area contributed by atoms with Crippen LogP contribution in [0.15, 0.2) is 47.4 Å². The number of aliphatic hydroxyl groups is 1. The lowest BCUT2D eigenvalue weighted by atomic mass is 10.1. The van der Waals surface area contributed by atoms with Gasteiger partial charge in [0, 0.05) is 0 Å². The van der Waals surface area contributed by atoms with E-state index in [1.165, 1.54) is 30.3 Å². The van der Waals surface area contributed by atoms with E-state index in [1.807, 2.05) is 0 Å². The largest absolute Gasteiger partial charge is 0.389 e. The number of aliphatic hydroxyl groups excluding tert-OH is 1. The van der Waals surface area contributed by atoms with E-state index in [4.69, 9.17) is 0 Å². The molecule has 0 aliphatic heterocycles. The van der Waals surface area contributed by atoms with Crippen LogP contribution in [0.4, 0.5) is 10.1 Å². The molecule has 0 saturated heterocycles. The molecule has 1 atom stereocenters. The first-order valence-corrected chi connectivity index (χ1v) is 7.85. The van der Waals surface area contributed by atoms with Gasteiger partial charge in [0.25, 0.3) is 10.0 Å². The molecule has 4 nitrogen and oxygen atoms in total. The van der Waals surface area contributed by atoms with Crippen molar-refractivity contribution in [1.29, 1.82) is 0 Å². The van der Waals surface area contributed by atoms with Crippen molar-refractivity contribution in [2.75, 3.05) is 4.72 Å². The second-order valence-electron chi connectivity index (χ2n) is 4.81. The Morgan fingerprint density at radius 3 is 2.52 bits per heavy atom. The summed E-state index contributed by atoms with van der Waals surface area (Å²) >= 11 is 0. The molecule has 112 valence electrons. The number of aryl methyl sites for hydroxylation is 1. The zero-order valence-corrected chi connectivity index (χ0v) is 12.5. The maximum atomic E-state index is 13.0. The van der Waals surface area contributed by atoms with Gasteiger partial charge in [-0.3, -0.25) is 4.72 Å². The van der Waals surface area contributed by atoms with E-state index >= 15 is 0 Å². The van der Waals surface area contributed by atoms with Crippen molar-refractivity contribution in [3.8, 4) is 0 Å². The van der Waals surface area contributed by atoms with Crippen molar-refractivity contribution >= 4 is 15.7 Å². The van der Waals surface area contributed by atoms with Crippen LogP contribution < -0.4 is 4.72 Å². The predicted molar refractivity (Wildman–Crippen MR) is 79.0 cm³/mol. The molecule has 21 heavy (non-hydrogen) atoms. The smallest absolute Gasteiger partial charge is 0.261 e. The maximum Gasteiger partial charge on any atom is 0.261 e. The number of anilines is 1. The van der Waals surface area contributed by atoms with Crippen molar-refractivity contribution in [2.45, 2.75) is 24.8 Å². The Morgan fingerprint density at radius 2 is 1.90 bits per heavy atom. The highest BCUT2D eigenvalue weighted by molar-refractivity contribution is 7.92. The number of hydrogen-bond acceptors (Lipinski definition) is 3. The standard InChI is InChI=1S/C15H16FNO3S/c1-10-8-13(16)6-7-15(10)17-21(19,20)14-5-3-4-12(9-14)11(2)18/h3-9,11,17-18H,1-2H3. The number of halogens is 1. The normalized spacial score (nSPS) is 13.0. The van der Waals surface area contributed by atoms with Crippen molar-refractivity contribution in [1.82, 2.24) is 0 Å². The summed E-state index contributed by atoms with van der Waals surface area (Å²) in [6.07, 6.45) is -0.757. The minimum absolute atomic E-state index is 0.0459. The average Bonchev–Trinajstić information content (AvgIpc) is 2.42. The molecule has 0 bridgehead atoms. The molecule has 0 amide bonds. The second kappa shape index (κ2) is 5.83. The zero-order chi connectivity index (χ0) is 15.6. The van der Waals surface area contributed by atoms with Crippen LogP contribution in [0.3, 0.4) is 0 Å². The molecule has 1 unspecified atom stereocenters. The molecule has 2 aromatic rings. The Hall–Kier alpha value is -1.92. The van der Waals surface area contributed by atoms with Gasteiger partial charge in [-0.2, -0.15) is 0 Å². The van der Waals surface area contributed by atoms with Gasteiger partial charge >= 0.3 is 0 Å². The summed E-state index contributed by atoms with van der Waals surface area (Å²) < 4.78 is 40.1. The molecule has 0 aliphatic carbocycles. The number of nitrogens with one attached hydrogen (secondary N) is 1. The van der Waals surface area contributed by atoms with Crippen LogP contribution in [0.5, 0.6) is 0 Å². The van der Waals surface area contributed by atoms with Crippen molar-refractivity contribution in [3.05, 3.63) is 59.4 Å². The molecule has 2 rings (SSSR count). The van der Waals surface area contributed by atoms with Gasteiger partial charge in [0.1, 0.15) is 5.82 Å². The summed E-state index contributed by atoms with van der Waals surface area (Å²) in [7, 11) is -3.79.